The van der Waals surface area contributed by atoms with Crippen molar-refractivity contribution in [2.24, 2.45) is 29.4 Å². The molecule has 6 nitrogen and oxygen atoms in total. The van der Waals surface area contributed by atoms with E-state index in [0.717, 1.165) is 32.4 Å². The number of hydrogen-bond acceptors (Lipinski definition) is 3. The molecule has 0 bridgehead atoms. The van der Waals surface area contributed by atoms with E-state index in [4.69, 9.17) is 5.73 Å². The Labute approximate surface area is 170 Å². The minimum atomic E-state index is -0.473. The van der Waals surface area contributed by atoms with Crippen LogP contribution in [0.5, 0.6) is 0 Å². The summed E-state index contributed by atoms with van der Waals surface area (Å²) in [5.74, 6) is -0.596. The second-order valence-electron chi connectivity index (χ2n) is 9.17. The summed E-state index contributed by atoms with van der Waals surface area (Å²) in [5, 5.41) is 3.01. The molecule has 160 valence electrons. The van der Waals surface area contributed by atoms with Gasteiger partial charge in [0.05, 0.1) is 0 Å². The van der Waals surface area contributed by atoms with Gasteiger partial charge in [-0.1, -0.05) is 33.6 Å². The van der Waals surface area contributed by atoms with Gasteiger partial charge in [0.1, 0.15) is 6.04 Å². The van der Waals surface area contributed by atoms with Crippen LogP contribution in [-0.4, -0.2) is 41.8 Å². The third kappa shape index (κ3) is 6.21. The molecule has 0 radical (unpaired) electrons. The number of hydrogen-bond donors (Lipinski definition) is 2. The van der Waals surface area contributed by atoms with E-state index < -0.39 is 23.8 Å². The SMILES string of the molecule is CCC[C@H](C(N)=O)[C@@H](CC(C)C)C(=O)N[C@H]1CCCCN(CC2CCC2)C1=O. The quantitative estimate of drug-likeness (QED) is 0.598. The van der Waals surface area contributed by atoms with Crippen molar-refractivity contribution in [1.29, 1.82) is 0 Å². The van der Waals surface area contributed by atoms with E-state index in [0.29, 0.717) is 25.2 Å². The molecule has 1 heterocycles. The molecule has 2 rings (SSSR count). The molecule has 2 aliphatic rings. The standard InChI is InChI=1S/C22H39N3O3/c1-4-8-17(20(23)26)18(13-15(2)3)21(27)24-19-11-5-6-12-25(22(19)28)14-16-9-7-10-16/h15-19H,4-14H2,1-3H3,(H2,23,26)(H,24,27)/t17-,18+,19-/m0/s1. The predicted octanol–water partition coefficient (Wildman–Crippen LogP) is 2.85. The second kappa shape index (κ2) is 10.8. The summed E-state index contributed by atoms with van der Waals surface area (Å²) in [5.41, 5.74) is 5.63. The highest BCUT2D eigenvalue weighted by Gasteiger charge is 2.36. The van der Waals surface area contributed by atoms with Crippen LogP contribution in [0.1, 0.15) is 78.6 Å². The summed E-state index contributed by atoms with van der Waals surface area (Å²) in [7, 11) is 0. The Kier molecular flexibility index (Phi) is 8.77. The molecule has 0 spiro atoms. The Bertz CT molecular complexity index is 545. The molecule has 3 atom stereocenters. The lowest BCUT2D eigenvalue weighted by Gasteiger charge is -2.33. The van der Waals surface area contributed by atoms with Gasteiger partial charge in [0.15, 0.2) is 0 Å². The van der Waals surface area contributed by atoms with Crippen LogP contribution >= 0.6 is 0 Å². The predicted molar refractivity (Wildman–Crippen MR) is 110 cm³/mol. The first-order valence-corrected chi connectivity index (χ1v) is 11.2. The lowest BCUT2D eigenvalue weighted by atomic mass is 9.81. The maximum atomic E-state index is 13.1. The Hall–Kier alpha value is -1.59. The van der Waals surface area contributed by atoms with Crippen molar-refractivity contribution in [3.8, 4) is 0 Å². The highest BCUT2D eigenvalue weighted by molar-refractivity contribution is 5.91. The molecule has 0 aromatic rings. The minimum absolute atomic E-state index is 0.0483. The third-order valence-electron chi connectivity index (χ3n) is 6.31. The topological polar surface area (TPSA) is 92.5 Å². The fourth-order valence-corrected chi connectivity index (χ4v) is 4.50. The first-order chi connectivity index (χ1) is 13.3. The molecule has 3 amide bonds. The smallest absolute Gasteiger partial charge is 0.245 e. The van der Waals surface area contributed by atoms with Crippen molar-refractivity contribution in [2.45, 2.75) is 84.6 Å². The van der Waals surface area contributed by atoms with Gasteiger partial charge in [0.2, 0.25) is 17.7 Å². The number of nitrogens with one attached hydrogen (secondary N) is 1. The number of rotatable bonds is 10. The van der Waals surface area contributed by atoms with Gasteiger partial charge >= 0.3 is 0 Å². The molecule has 0 aromatic heterocycles. The first kappa shape index (κ1) is 22.7. The molecule has 1 saturated heterocycles. The number of carbonyl (C=O) groups is 3. The van der Waals surface area contributed by atoms with E-state index in [1.165, 1.54) is 19.3 Å². The van der Waals surface area contributed by atoms with Gasteiger partial charge < -0.3 is 16.0 Å². The fraction of sp³-hybridized carbons (Fsp3) is 0.864. The maximum Gasteiger partial charge on any atom is 0.245 e. The van der Waals surface area contributed by atoms with Crippen LogP contribution in [0.25, 0.3) is 0 Å². The van der Waals surface area contributed by atoms with E-state index in [9.17, 15) is 14.4 Å². The zero-order valence-corrected chi connectivity index (χ0v) is 17.9. The Morgan fingerprint density at radius 3 is 2.39 bits per heavy atom. The Morgan fingerprint density at radius 1 is 1.14 bits per heavy atom. The van der Waals surface area contributed by atoms with Gasteiger partial charge in [-0.3, -0.25) is 14.4 Å². The number of amides is 3. The van der Waals surface area contributed by atoms with E-state index >= 15 is 0 Å². The van der Waals surface area contributed by atoms with Gasteiger partial charge in [-0.15, -0.1) is 0 Å². The van der Waals surface area contributed by atoms with Gasteiger partial charge in [0, 0.05) is 24.9 Å². The highest BCUT2D eigenvalue weighted by Crippen LogP contribution is 2.29. The van der Waals surface area contributed by atoms with Crippen molar-refractivity contribution in [1.82, 2.24) is 10.2 Å². The first-order valence-electron chi connectivity index (χ1n) is 11.2. The monoisotopic (exact) mass is 393 g/mol. The van der Waals surface area contributed by atoms with Crippen molar-refractivity contribution < 1.29 is 14.4 Å². The molecular formula is C22H39N3O3. The molecule has 2 fully saturated rings. The second-order valence-corrected chi connectivity index (χ2v) is 9.17. The van der Waals surface area contributed by atoms with Crippen LogP contribution in [0.2, 0.25) is 0 Å². The summed E-state index contributed by atoms with van der Waals surface area (Å²) in [6, 6.07) is -0.472. The fourth-order valence-electron chi connectivity index (χ4n) is 4.50. The zero-order valence-electron chi connectivity index (χ0n) is 17.9. The van der Waals surface area contributed by atoms with Crippen LogP contribution < -0.4 is 11.1 Å². The largest absolute Gasteiger partial charge is 0.369 e. The van der Waals surface area contributed by atoms with Crippen molar-refractivity contribution >= 4 is 17.7 Å². The Balaban J connectivity index is 2.08. The summed E-state index contributed by atoms with van der Waals surface area (Å²) >= 11 is 0. The minimum Gasteiger partial charge on any atom is -0.369 e. The normalized spacial score (nSPS) is 23.1. The van der Waals surface area contributed by atoms with Crippen LogP contribution in [0.4, 0.5) is 0 Å². The maximum absolute atomic E-state index is 13.1. The number of primary amides is 1. The molecule has 0 unspecified atom stereocenters. The zero-order chi connectivity index (χ0) is 20.7. The Morgan fingerprint density at radius 2 is 1.86 bits per heavy atom. The molecule has 1 saturated carbocycles. The summed E-state index contributed by atoms with van der Waals surface area (Å²) in [6.45, 7) is 7.69. The van der Waals surface area contributed by atoms with Crippen LogP contribution in [-0.2, 0) is 14.4 Å². The number of nitrogens with two attached hydrogens (primary N) is 1. The molecule has 6 heteroatoms. The van der Waals surface area contributed by atoms with E-state index in [2.05, 4.69) is 5.32 Å². The summed E-state index contributed by atoms with van der Waals surface area (Å²) in [6.07, 6.45) is 8.26. The van der Waals surface area contributed by atoms with Gasteiger partial charge in [0.25, 0.3) is 0 Å². The van der Waals surface area contributed by atoms with Crippen molar-refractivity contribution in [3.05, 3.63) is 0 Å². The molecule has 28 heavy (non-hydrogen) atoms. The molecule has 3 N–H and O–H groups in total. The summed E-state index contributed by atoms with van der Waals surface area (Å²) < 4.78 is 0. The van der Waals surface area contributed by atoms with Gasteiger partial charge in [-0.05, 0) is 56.8 Å². The number of carbonyl (C=O) groups excluding carboxylic acids is 3. The summed E-state index contributed by atoms with van der Waals surface area (Å²) in [4.78, 5) is 40.1. The van der Waals surface area contributed by atoms with Crippen molar-refractivity contribution in [3.63, 3.8) is 0 Å². The van der Waals surface area contributed by atoms with Crippen LogP contribution in [0, 0.1) is 23.7 Å². The average molecular weight is 394 g/mol. The van der Waals surface area contributed by atoms with E-state index in [1.807, 2.05) is 25.7 Å². The number of likely N-dealkylation sites (tertiary alicyclic amines) is 1. The molecular weight excluding hydrogens is 354 g/mol. The van der Waals surface area contributed by atoms with Crippen molar-refractivity contribution in [2.75, 3.05) is 13.1 Å². The lowest BCUT2D eigenvalue weighted by Crippen LogP contribution is -2.52. The highest BCUT2D eigenvalue weighted by atomic mass is 16.2. The van der Waals surface area contributed by atoms with E-state index in [1.54, 1.807) is 0 Å². The molecule has 1 aliphatic heterocycles. The van der Waals surface area contributed by atoms with Crippen LogP contribution in [0.3, 0.4) is 0 Å². The van der Waals surface area contributed by atoms with Gasteiger partial charge in [-0.2, -0.15) is 0 Å². The number of nitrogens with zero attached hydrogens (tertiary/aromatic N) is 1. The third-order valence-corrected chi connectivity index (χ3v) is 6.31. The molecule has 1 aliphatic carbocycles. The lowest BCUT2D eigenvalue weighted by molar-refractivity contribution is -0.139. The van der Waals surface area contributed by atoms with Gasteiger partial charge in [-0.25, -0.2) is 0 Å². The van der Waals surface area contributed by atoms with E-state index in [-0.39, 0.29) is 17.7 Å². The molecule has 0 aromatic carbocycles. The average Bonchev–Trinajstić information content (AvgIpc) is 2.76. The van der Waals surface area contributed by atoms with Crippen LogP contribution in [0.15, 0.2) is 0 Å².